The molecule has 0 saturated heterocycles. The minimum Gasteiger partial charge on any atom is -0.492 e. The molecule has 0 aliphatic carbocycles. The highest BCUT2D eigenvalue weighted by Gasteiger charge is 1.98. The van der Waals surface area contributed by atoms with Crippen molar-refractivity contribution in [3.8, 4) is 5.75 Å². The lowest BCUT2D eigenvalue weighted by Gasteiger charge is -1.89. The van der Waals surface area contributed by atoms with Gasteiger partial charge in [-0.15, -0.1) is 0 Å². The van der Waals surface area contributed by atoms with Crippen LogP contribution in [0.1, 0.15) is 0 Å². The minimum absolute atomic E-state index is 0.639. The van der Waals surface area contributed by atoms with Crippen LogP contribution in [0.2, 0.25) is 0 Å². The number of hydrogen-bond acceptors (Lipinski definition) is 2. The third-order valence-corrected chi connectivity index (χ3v) is 1.38. The smallest absolute Gasteiger partial charge is 0.210 e. The Bertz CT molecular complexity index is 171. The van der Waals surface area contributed by atoms with Crippen molar-refractivity contribution in [1.82, 2.24) is 0 Å². The summed E-state index contributed by atoms with van der Waals surface area (Å²) >= 11 is 3.13. The predicted molar refractivity (Wildman–Crippen MR) is 33.0 cm³/mol. The third-order valence-electron chi connectivity index (χ3n) is 0.805. The average molecular weight is 177 g/mol. The molecule has 1 heterocycles. The molecule has 0 aromatic carbocycles. The van der Waals surface area contributed by atoms with Crippen LogP contribution in [0.15, 0.2) is 21.4 Å². The normalized spacial score (nSPS) is 9.25. The van der Waals surface area contributed by atoms with Gasteiger partial charge in [0, 0.05) is 6.07 Å². The second-order valence-electron chi connectivity index (χ2n) is 1.26. The van der Waals surface area contributed by atoms with Crippen molar-refractivity contribution < 1.29 is 9.15 Å². The molecule has 0 spiro atoms. The lowest BCUT2D eigenvalue weighted by atomic mass is 10.6. The number of rotatable bonds is 1. The van der Waals surface area contributed by atoms with Crippen molar-refractivity contribution in [2.24, 2.45) is 0 Å². The fourth-order valence-electron chi connectivity index (χ4n) is 0.427. The van der Waals surface area contributed by atoms with Crippen molar-refractivity contribution in [2.45, 2.75) is 0 Å². The van der Waals surface area contributed by atoms with Crippen LogP contribution in [0.25, 0.3) is 0 Å². The Morgan fingerprint density at radius 1 is 1.75 bits per heavy atom. The number of methoxy groups -OCH3 is 1. The summed E-state index contributed by atoms with van der Waals surface area (Å²) in [7, 11) is 1.59. The van der Waals surface area contributed by atoms with Crippen LogP contribution in [-0.2, 0) is 0 Å². The summed E-state index contributed by atoms with van der Waals surface area (Å²) in [6.07, 6.45) is 1.56. The number of halogens is 1. The van der Waals surface area contributed by atoms with E-state index in [1.165, 1.54) is 0 Å². The summed E-state index contributed by atoms with van der Waals surface area (Å²) in [4.78, 5) is 0. The van der Waals surface area contributed by atoms with E-state index in [4.69, 9.17) is 9.15 Å². The van der Waals surface area contributed by atoms with Gasteiger partial charge in [0.25, 0.3) is 0 Å². The average Bonchev–Trinajstić information content (AvgIpc) is 2.14. The Kier molecular flexibility index (Phi) is 1.58. The van der Waals surface area contributed by atoms with Gasteiger partial charge in [-0.2, -0.15) is 0 Å². The van der Waals surface area contributed by atoms with Gasteiger partial charge in [-0.05, 0) is 15.9 Å². The van der Waals surface area contributed by atoms with Gasteiger partial charge in [-0.25, -0.2) is 0 Å². The standard InChI is InChI=1S/C5H5BrO2/c1-7-4-2-3-8-5(4)6/h2-3H,1H3. The topological polar surface area (TPSA) is 22.4 Å². The second-order valence-corrected chi connectivity index (χ2v) is 1.98. The number of hydrogen-bond donors (Lipinski definition) is 0. The minimum atomic E-state index is 0.639. The van der Waals surface area contributed by atoms with Gasteiger partial charge in [-0.3, -0.25) is 0 Å². The molecule has 3 heteroatoms. The van der Waals surface area contributed by atoms with Gasteiger partial charge in [0.2, 0.25) is 4.67 Å². The van der Waals surface area contributed by atoms with E-state index >= 15 is 0 Å². The lowest BCUT2D eigenvalue weighted by Crippen LogP contribution is -1.77. The van der Waals surface area contributed by atoms with Crippen LogP contribution < -0.4 is 4.74 Å². The van der Waals surface area contributed by atoms with E-state index in [0.717, 1.165) is 5.75 Å². The van der Waals surface area contributed by atoms with Crippen molar-refractivity contribution in [3.05, 3.63) is 17.0 Å². The highest BCUT2D eigenvalue weighted by atomic mass is 79.9. The molecule has 0 aliphatic rings. The Balaban J connectivity index is 2.92. The van der Waals surface area contributed by atoms with Gasteiger partial charge >= 0.3 is 0 Å². The van der Waals surface area contributed by atoms with Gasteiger partial charge in [0.05, 0.1) is 13.4 Å². The molecule has 2 nitrogen and oxygen atoms in total. The van der Waals surface area contributed by atoms with E-state index < -0.39 is 0 Å². The predicted octanol–water partition coefficient (Wildman–Crippen LogP) is 2.05. The number of furan rings is 1. The zero-order valence-electron chi connectivity index (χ0n) is 4.35. The fourth-order valence-corrected chi connectivity index (χ4v) is 0.829. The van der Waals surface area contributed by atoms with Gasteiger partial charge in [0.1, 0.15) is 0 Å². The molecule has 1 aromatic rings. The maximum Gasteiger partial charge on any atom is 0.210 e. The first kappa shape index (κ1) is 5.69. The quantitative estimate of drug-likeness (QED) is 0.654. The van der Waals surface area contributed by atoms with Crippen LogP contribution in [0.5, 0.6) is 5.75 Å². The SMILES string of the molecule is COc1ccoc1Br. The zero-order valence-corrected chi connectivity index (χ0v) is 5.94. The molecule has 44 valence electrons. The zero-order chi connectivity index (χ0) is 5.98. The van der Waals surface area contributed by atoms with Crippen LogP contribution in [0, 0.1) is 0 Å². The monoisotopic (exact) mass is 176 g/mol. The van der Waals surface area contributed by atoms with Gasteiger partial charge in [-0.1, -0.05) is 0 Å². The van der Waals surface area contributed by atoms with Crippen molar-refractivity contribution in [2.75, 3.05) is 7.11 Å². The number of ether oxygens (including phenoxy) is 1. The maximum absolute atomic E-state index is 4.85. The Labute approximate surface area is 55.6 Å². The van der Waals surface area contributed by atoms with Crippen LogP contribution in [0.4, 0.5) is 0 Å². The molecular weight excluding hydrogens is 172 g/mol. The lowest BCUT2D eigenvalue weighted by molar-refractivity contribution is 0.398. The van der Waals surface area contributed by atoms with E-state index in [9.17, 15) is 0 Å². The van der Waals surface area contributed by atoms with Gasteiger partial charge < -0.3 is 9.15 Å². The second kappa shape index (κ2) is 2.22. The first-order valence-electron chi connectivity index (χ1n) is 2.11. The highest BCUT2D eigenvalue weighted by molar-refractivity contribution is 9.10. The Morgan fingerprint density at radius 2 is 2.50 bits per heavy atom. The molecule has 8 heavy (non-hydrogen) atoms. The summed E-state index contributed by atoms with van der Waals surface area (Å²) in [6, 6.07) is 1.74. The van der Waals surface area contributed by atoms with Crippen LogP contribution >= 0.6 is 15.9 Å². The third kappa shape index (κ3) is 0.865. The van der Waals surface area contributed by atoms with Crippen molar-refractivity contribution >= 4 is 15.9 Å². The molecule has 0 fully saturated rings. The highest BCUT2D eigenvalue weighted by Crippen LogP contribution is 2.24. The molecule has 0 atom stereocenters. The van der Waals surface area contributed by atoms with E-state index in [2.05, 4.69) is 15.9 Å². The summed E-state index contributed by atoms with van der Waals surface area (Å²) in [5.74, 6) is 0.727. The van der Waals surface area contributed by atoms with Gasteiger partial charge in [0.15, 0.2) is 5.75 Å². The van der Waals surface area contributed by atoms with Crippen LogP contribution in [-0.4, -0.2) is 7.11 Å². The largest absolute Gasteiger partial charge is 0.492 e. The molecule has 0 radical (unpaired) electrons. The van der Waals surface area contributed by atoms with Crippen molar-refractivity contribution in [3.63, 3.8) is 0 Å². The molecular formula is C5H5BrO2. The summed E-state index contributed by atoms with van der Waals surface area (Å²) < 4.78 is 10.3. The Morgan fingerprint density at radius 3 is 2.75 bits per heavy atom. The van der Waals surface area contributed by atoms with E-state index in [1.54, 1.807) is 19.4 Å². The van der Waals surface area contributed by atoms with Crippen LogP contribution in [0.3, 0.4) is 0 Å². The van der Waals surface area contributed by atoms with Crippen molar-refractivity contribution in [1.29, 1.82) is 0 Å². The molecule has 0 saturated carbocycles. The molecule has 0 N–H and O–H groups in total. The summed E-state index contributed by atoms with van der Waals surface area (Å²) in [5, 5.41) is 0. The molecule has 1 aromatic heterocycles. The molecule has 0 bridgehead atoms. The van der Waals surface area contributed by atoms with E-state index in [1.807, 2.05) is 0 Å². The summed E-state index contributed by atoms with van der Waals surface area (Å²) in [6.45, 7) is 0. The molecule has 0 amide bonds. The maximum atomic E-state index is 4.85. The summed E-state index contributed by atoms with van der Waals surface area (Å²) in [5.41, 5.74) is 0. The van der Waals surface area contributed by atoms with E-state index in [-0.39, 0.29) is 0 Å². The first-order chi connectivity index (χ1) is 3.84. The van der Waals surface area contributed by atoms with E-state index in [0.29, 0.717) is 4.67 Å². The Hall–Kier alpha value is -0.440. The molecule has 0 aliphatic heterocycles. The molecule has 1 rings (SSSR count). The fraction of sp³-hybridized carbons (Fsp3) is 0.200. The molecule has 0 unspecified atom stereocenters. The first-order valence-corrected chi connectivity index (χ1v) is 2.91.